The Morgan fingerprint density at radius 2 is 1.95 bits per heavy atom. The van der Waals surface area contributed by atoms with Crippen LogP contribution in [0.1, 0.15) is 0 Å². The molecule has 0 aliphatic carbocycles. The van der Waals surface area contributed by atoms with Crippen LogP contribution in [-0.4, -0.2) is 12.5 Å². The van der Waals surface area contributed by atoms with Crippen molar-refractivity contribution < 1.29 is 9.53 Å². The Morgan fingerprint density at radius 3 is 2.71 bits per heavy atom. The lowest BCUT2D eigenvalue weighted by Crippen LogP contribution is -2.20. The van der Waals surface area contributed by atoms with Gasteiger partial charge in [0.1, 0.15) is 10.8 Å². The fourth-order valence-corrected chi connectivity index (χ4v) is 2.08. The molecule has 0 spiro atoms. The Kier molecular flexibility index (Phi) is 5.17. The average molecular weight is 346 g/mol. The Labute approximate surface area is 136 Å². The van der Waals surface area contributed by atoms with E-state index in [9.17, 15) is 4.79 Å². The molecule has 0 heterocycles. The highest BCUT2D eigenvalue weighted by atomic mass is 35.5. The minimum absolute atomic E-state index is 0.230. The molecule has 2 rings (SSSR count). The first-order valence-corrected chi connectivity index (χ1v) is 7.02. The monoisotopic (exact) mass is 344 g/mol. The summed E-state index contributed by atoms with van der Waals surface area (Å²) in [6.07, 6.45) is 0. The number of ether oxygens (including phenoxy) is 1. The van der Waals surface area contributed by atoms with Gasteiger partial charge in [-0.25, -0.2) is 0 Å². The number of amides is 1. The lowest BCUT2D eigenvalue weighted by atomic mass is 10.2. The molecule has 0 aromatic heterocycles. The molecule has 0 saturated heterocycles. The van der Waals surface area contributed by atoms with Crippen LogP contribution in [0.3, 0.4) is 0 Å². The number of halogens is 3. The van der Waals surface area contributed by atoms with Gasteiger partial charge in [-0.15, -0.1) is 0 Å². The second-order valence-electron chi connectivity index (χ2n) is 4.12. The van der Waals surface area contributed by atoms with Crippen LogP contribution in [0.15, 0.2) is 36.4 Å². The Morgan fingerprint density at radius 1 is 1.19 bits per heavy atom. The molecule has 0 aliphatic heterocycles. The quantitative estimate of drug-likeness (QED) is 0.814. The van der Waals surface area contributed by atoms with Crippen molar-refractivity contribution in [1.29, 1.82) is 0 Å². The Hall–Kier alpha value is -1.62. The second-order valence-corrected chi connectivity index (χ2v) is 5.34. The van der Waals surface area contributed by atoms with E-state index in [1.807, 2.05) is 0 Å². The first kappa shape index (κ1) is 15.8. The first-order chi connectivity index (χ1) is 9.97. The summed E-state index contributed by atoms with van der Waals surface area (Å²) in [7, 11) is 0. The molecule has 21 heavy (non-hydrogen) atoms. The summed E-state index contributed by atoms with van der Waals surface area (Å²) in [5, 5.41) is 3.69. The Bertz CT molecular complexity index is 677. The van der Waals surface area contributed by atoms with E-state index >= 15 is 0 Å². The molecular weight excluding hydrogens is 335 g/mol. The van der Waals surface area contributed by atoms with E-state index < -0.39 is 0 Å². The zero-order chi connectivity index (χ0) is 15.4. The maximum absolute atomic E-state index is 11.8. The summed E-state index contributed by atoms with van der Waals surface area (Å²) < 4.78 is 5.32. The highest BCUT2D eigenvalue weighted by Gasteiger charge is 2.10. The number of benzene rings is 2. The topological polar surface area (TPSA) is 64.3 Å². The van der Waals surface area contributed by atoms with Crippen molar-refractivity contribution >= 4 is 52.1 Å². The predicted octanol–water partition coefficient (Wildman–Crippen LogP) is 4.25. The minimum Gasteiger partial charge on any atom is -0.482 e. The fraction of sp³-hybridized carbons (Fsp3) is 0.0714. The largest absolute Gasteiger partial charge is 0.482 e. The number of hydrogen-bond acceptors (Lipinski definition) is 3. The van der Waals surface area contributed by atoms with Gasteiger partial charge in [-0.3, -0.25) is 4.79 Å². The molecule has 3 N–H and O–H groups in total. The van der Waals surface area contributed by atoms with Gasteiger partial charge in [0.05, 0.1) is 16.4 Å². The summed E-state index contributed by atoms with van der Waals surface area (Å²) in [6.45, 7) is -0.230. The van der Waals surface area contributed by atoms with Gasteiger partial charge in [-0.05, 0) is 30.3 Å². The summed E-state index contributed by atoms with van der Waals surface area (Å²) >= 11 is 17.7. The second kappa shape index (κ2) is 6.89. The lowest BCUT2D eigenvalue weighted by molar-refractivity contribution is -0.118. The maximum atomic E-state index is 11.8. The van der Waals surface area contributed by atoms with Crippen LogP contribution in [0.25, 0.3) is 0 Å². The van der Waals surface area contributed by atoms with Gasteiger partial charge < -0.3 is 15.8 Å². The third-order valence-corrected chi connectivity index (χ3v) is 3.60. The number of rotatable bonds is 4. The zero-order valence-corrected chi connectivity index (χ0v) is 13.0. The van der Waals surface area contributed by atoms with E-state index in [-0.39, 0.29) is 17.5 Å². The van der Waals surface area contributed by atoms with Gasteiger partial charge in [0.2, 0.25) is 0 Å². The van der Waals surface area contributed by atoms with Crippen molar-refractivity contribution in [2.75, 3.05) is 17.7 Å². The zero-order valence-electron chi connectivity index (χ0n) is 10.7. The normalized spacial score (nSPS) is 10.2. The van der Waals surface area contributed by atoms with E-state index in [0.29, 0.717) is 27.2 Å². The number of anilines is 2. The van der Waals surface area contributed by atoms with Gasteiger partial charge in [0.15, 0.2) is 6.61 Å². The van der Waals surface area contributed by atoms with E-state index in [0.717, 1.165) is 0 Å². The molecule has 0 saturated carbocycles. The number of carbonyl (C=O) groups excluding carboxylic acids is 1. The standard InChI is InChI=1S/C14H11Cl3N2O2/c15-8-4-5-10(18)11(6-8)19-13(20)7-21-12-3-1-2-9(16)14(12)17/h1-6H,7,18H2,(H,19,20). The predicted molar refractivity (Wildman–Crippen MR) is 86.5 cm³/mol. The third kappa shape index (κ3) is 4.17. The van der Waals surface area contributed by atoms with Crippen LogP contribution in [0.4, 0.5) is 11.4 Å². The van der Waals surface area contributed by atoms with Crippen molar-refractivity contribution in [3.63, 3.8) is 0 Å². The molecule has 0 bridgehead atoms. The van der Waals surface area contributed by atoms with Crippen molar-refractivity contribution in [2.45, 2.75) is 0 Å². The molecule has 0 aliphatic rings. The molecule has 1 amide bonds. The van der Waals surface area contributed by atoms with E-state index in [4.69, 9.17) is 45.3 Å². The lowest BCUT2D eigenvalue weighted by Gasteiger charge is -2.11. The average Bonchev–Trinajstić information content (AvgIpc) is 2.44. The van der Waals surface area contributed by atoms with E-state index in [2.05, 4.69) is 5.32 Å². The van der Waals surface area contributed by atoms with Crippen molar-refractivity contribution in [2.24, 2.45) is 0 Å². The molecule has 4 nitrogen and oxygen atoms in total. The highest BCUT2D eigenvalue weighted by Crippen LogP contribution is 2.31. The van der Waals surface area contributed by atoms with Crippen molar-refractivity contribution in [3.05, 3.63) is 51.5 Å². The molecule has 0 radical (unpaired) electrons. The summed E-state index contributed by atoms with van der Waals surface area (Å²) in [5.74, 6) is -0.0570. The third-order valence-electron chi connectivity index (χ3n) is 2.56. The summed E-state index contributed by atoms with van der Waals surface area (Å²) in [4.78, 5) is 11.8. The van der Waals surface area contributed by atoms with Gasteiger partial charge in [0, 0.05) is 5.02 Å². The smallest absolute Gasteiger partial charge is 0.262 e. The van der Waals surface area contributed by atoms with Gasteiger partial charge in [-0.1, -0.05) is 40.9 Å². The number of nitrogen functional groups attached to an aromatic ring is 1. The highest BCUT2D eigenvalue weighted by molar-refractivity contribution is 6.42. The van der Waals surface area contributed by atoms with Crippen LogP contribution in [0.2, 0.25) is 15.1 Å². The van der Waals surface area contributed by atoms with Gasteiger partial charge in [-0.2, -0.15) is 0 Å². The molecule has 110 valence electrons. The number of carbonyl (C=O) groups is 1. The van der Waals surface area contributed by atoms with Crippen LogP contribution in [-0.2, 0) is 4.79 Å². The minimum atomic E-state index is -0.389. The molecule has 2 aromatic rings. The van der Waals surface area contributed by atoms with E-state index in [1.165, 1.54) is 0 Å². The molecule has 0 unspecified atom stereocenters. The maximum Gasteiger partial charge on any atom is 0.262 e. The van der Waals surface area contributed by atoms with Crippen LogP contribution >= 0.6 is 34.8 Å². The first-order valence-electron chi connectivity index (χ1n) is 5.89. The van der Waals surface area contributed by atoms with Crippen LogP contribution < -0.4 is 15.8 Å². The van der Waals surface area contributed by atoms with Crippen molar-refractivity contribution in [1.82, 2.24) is 0 Å². The number of nitrogens with one attached hydrogen (secondary N) is 1. The van der Waals surface area contributed by atoms with Crippen LogP contribution in [0, 0.1) is 0 Å². The van der Waals surface area contributed by atoms with Crippen LogP contribution in [0.5, 0.6) is 5.75 Å². The van der Waals surface area contributed by atoms with Crippen molar-refractivity contribution in [3.8, 4) is 5.75 Å². The molecule has 0 fully saturated rings. The summed E-state index contributed by atoms with van der Waals surface area (Å²) in [5.41, 5.74) is 6.57. The number of nitrogens with two attached hydrogens (primary N) is 1. The van der Waals surface area contributed by atoms with E-state index in [1.54, 1.807) is 36.4 Å². The molecule has 7 heteroatoms. The Balaban J connectivity index is 1.99. The summed E-state index contributed by atoms with van der Waals surface area (Å²) in [6, 6.07) is 9.72. The molecular formula is C14H11Cl3N2O2. The fourth-order valence-electron chi connectivity index (χ4n) is 1.56. The molecule has 2 aromatic carbocycles. The number of hydrogen-bond donors (Lipinski definition) is 2. The molecule has 0 atom stereocenters. The van der Waals surface area contributed by atoms with Gasteiger partial charge in [0.25, 0.3) is 5.91 Å². The van der Waals surface area contributed by atoms with Gasteiger partial charge >= 0.3 is 0 Å². The SMILES string of the molecule is Nc1ccc(Cl)cc1NC(=O)COc1cccc(Cl)c1Cl.